The first-order valence-electron chi connectivity index (χ1n) is 10.7. The SMILES string of the molecule is CC1CCCCC1NC(=O)NC(=O)CN1CCN(CCc2ccccc2)CC1. The van der Waals surface area contributed by atoms with Gasteiger partial charge < -0.3 is 10.2 Å². The van der Waals surface area contributed by atoms with Gasteiger partial charge in [-0.3, -0.25) is 15.0 Å². The molecule has 3 rings (SSSR count). The van der Waals surface area contributed by atoms with E-state index in [9.17, 15) is 9.59 Å². The first-order valence-corrected chi connectivity index (χ1v) is 10.7. The smallest absolute Gasteiger partial charge is 0.321 e. The molecule has 0 aromatic heterocycles. The molecule has 1 aliphatic carbocycles. The number of nitrogens with one attached hydrogen (secondary N) is 2. The molecule has 1 saturated heterocycles. The van der Waals surface area contributed by atoms with Gasteiger partial charge in [0, 0.05) is 38.8 Å². The highest BCUT2D eigenvalue weighted by Crippen LogP contribution is 2.23. The maximum atomic E-state index is 12.2. The molecule has 6 heteroatoms. The van der Waals surface area contributed by atoms with Crippen LogP contribution in [0.4, 0.5) is 4.79 Å². The van der Waals surface area contributed by atoms with Gasteiger partial charge in [-0.15, -0.1) is 0 Å². The van der Waals surface area contributed by atoms with Crippen molar-refractivity contribution in [2.24, 2.45) is 5.92 Å². The molecule has 0 bridgehead atoms. The summed E-state index contributed by atoms with van der Waals surface area (Å²) in [6.45, 7) is 7.17. The number of nitrogens with zero attached hydrogens (tertiary/aromatic N) is 2. The lowest BCUT2D eigenvalue weighted by Gasteiger charge is -2.34. The number of imide groups is 1. The normalized spacial score (nSPS) is 23.9. The number of piperazine rings is 1. The number of benzene rings is 1. The van der Waals surface area contributed by atoms with Crippen LogP contribution in [0.2, 0.25) is 0 Å². The average molecular weight is 387 g/mol. The van der Waals surface area contributed by atoms with Gasteiger partial charge in [0.2, 0.25) is 5.91 Å². The molecule has 3 amide bonds. The fraction of sp³-hybridized carbons (Fsp3) is 0.636. The number of rotatable bonds is 6. The fourth-order valence-electron chi connectivity index (χ4n) is 4.21. The molecule has 1 heterocycles. The molecule has 2 N–H and O–H groups in total. The van der Waals surface area contributed by atoms with Crippen molar-refractivity contribution in [3.8, 4) is 0 Å². The first kappa shape index (κ1) is 20.8. The maximum Gasteiger partial charge on any atom is 0.321 e. The number of carbonyl (C=O) groups is 2. The van der Waals surface area contributed by atoms with E-state index in [1.54, 1.807) is 0 Å². The zero-order chi connectivity index (χ0) is 19.8. The second-order valence-corrected chi connectivity index (χ2v) is 8.24. The van der Waals surface area contributed by atoms with E-state index >= 15 is 0 Å². The summed E-state index contributed by atoms with van der Waals surface area (Å²) in [6, 6.07) is 10.4. The summed E-state index contributed by atoms with van der Waals surface area (Å²) >= 11 is 0. The van der Waals surface area contributed by atoms with Crippen LogP contribution in [0.1, 0.15) is 38.2 Å². The van der Waals surface area contributed by atoms with Crippen LogP contribution < -0.4 is 10.6 Å². The van der Waals surface area contributed by atoms with E-state index < -0.39 is 0 Å². The maximum absolute atomic E-state index is 12.2. The minimum Gasteiger partial charge on any atom is -0.335 e. The lowest BCUT2D eigenvalue weighted by molar-refractivity contribution is -0.121. The minimum atomic E-state index is -0.342. The Labute approximate surface area is 168 Å². The third-order valence-electron chi connectivity index (χ3n) is 6.07. The predicted octanol–water partition coefficient (Wildman–Crippen LogP) is 2.25. The van der Waals surface area contributed by atoms with Crippen LogP contribution in [0.25, 0.3) is 0 Å². The van der Waals surface area contributed by atoms with E-state index in [4.69, 9.17) is 0 Å². The standard InChI is InChI=1S/C22H34N4O2/c1-18-7-5-6-10-20(18)23-22(28)24-21(27)17-26-15-13-25(14-16-26)12-11-19-8-3-2-4-9-19/h2-4,8-9,18,20H,5-7,10-17H2,1H3,(H2,23,24,27,28). The zero-order valence-electron chi connectivity index (χ0n) is 17.0. The van der Waals surface area contributed by atoms with E-state index in [0.717, 1.165) is 58.4 Å². The summed E-state index contributed by atoms with van der Waals surface area (Å²) in [5, 5.41) is 5.49. The third-order valence-corrected chi connectivity index (χ3v) is 6.07. The van der Waals surface area contributed by atoms with E-state index in [1.165, 1.54) is 12.0 Å². The molecule has 0 radical (unpaired) electrons. The molecule has 154 valence electrons. The number of urea groups is 1. The molecule has 1 aromatic rings. The molecule has 28 heavy (non-hydrogen) atoms. The van der Waals surface area contributed by atoms with Crippen molar-refractivity contribution in [2.45, 2.75) is 45.1 Å². The highest BCUT2D eigenvalue weighted by atomic mass is 16.2. The number of hydrogen-bond donors (Lipinski definition) is 2. The molecular formula is C22H34N4O2. The van der Waals surface area contributed by atoms with Crippen LogP contribution >= 0.6 is 0 Å². The molecule has 2 fully saturated rings. The lowest BCUT2D eigenvalue weighted by Crippen LogP contribution is -2.52. The Morgan fingerprint density at radius 3 is 2.39 bits per heavy atom. The summed E-state index contributed by atoms with van der Waals surface area (Å²) in [7, 11) is 0. The van der Waals surface area contributed by atoms with Crippen molar-refractivity contribution in [2.75, 3.05) is 39.3 Å². The van der Waals surface area contributed by atoms with E-state index in [1.807, 2.05) is 6.07 Å². The van der Waals surface area contributed by atoms with Crippen molar-refractivity contribution < 1.29 is 9.59 Å². The summed E-state index contributed by atoms with van der Waals surface area (Å²) in [5.41, 5.74) is 1.36. The number of carbonyl (C=O) groups excluding carboxylic acids is 2. The van der Waals surface area contributed by atoms with Crippen LogP contribution in [-0.4, -0.2) is 67.0 Å². The fourth-order valence-corrected chi connectivity index (χ4v) is 4.21. The average Bonchev–Trinajstić information content (AvgIpc) is 2.70. The second kappa shape index (κ2) is 10.6. The second-order valence-electron chi connectivity index (χ2n) is 8.24. The molecule has 1 saturated carbocycles. The van der Waals surface area contributed by atoms with Crippen LogP contribution in [0.15, 0.2) is 30.3 Å². The third kappa shape index (κ3) is 6.60. The van der Waals surface area contributed by atoms with Crippen molar-refractivity contribution >= 4 is 11.9 Å². The minimum absolute atomic E-state index is 0.190. The Morgan fingerprint density at radius 1 is 1.00 bits per heavy atom. The van der Waals surface area contributed by atoms with Crippen molar-refractivity contribution in [1.82, 2.24) is 20.4 Å². The molecule has 6 nitrogen and oxygen atoms in total. The van der Waals surface area contributed by atoms with Gasteiger partial charge in [-0.2, -0.15) is 0 Å². The molecule has 1 aliphatic heterocycles. The summed E-state index contributed by atoms with van der Waals surface area (Å²) in [6.07, 6.45) is 5.59. The van der Waals surface area contributed by atoms with E-state index in [0.29, 0.717) is 12.5 Å². The number of hydrogen-bond acceptors (Lipinski definition) is 4. The first-order chi connectivity index (χ1) is 13.6. The largest absolute Gasteiger partial charge is 0.335 e. The van der Waals surface area contributed by atoms with E-state index in [-0.39, 0.29) is 18.0 Å². The van der Waals surface area contributed by atoms with Gasteiger partial charge in [-0.25, -0.2) is 4.79 Å². The van der Waals surface area contributed by atoms with Crippen LogP contribution in [0, 0.1) is 5.92 Å². The van der Waals surface area contributed by atoms with Crippen molar-refractivity contribution in [1.29, 1.82) is 0 Å². The summed E-state index contributed by atoms with van der Waals surface area (Å²) < 4.78 is 0. The molecule has 2 aliphatic rings. The van der Waals surface area contributed by atoms with Gasteiger partial charge >= 0.3 is 6.03 Å². The van der Waals surface area contributed by atoms with Crippen molar-refractivity contribution in [3.05, 3.63) is 35.9 Å². The quantitative estimate of drug-likeness (QED) is 0.787. The summed E-state index contributed by atoms with van der Waals surface area (Å²) in [5.74, 6) is 0.275. The van der Waals surface area contributed by atoms with Gasteiger partial charge in [-0.1, -0.05) is 50.1 Å². The van der Waals surface area contributed by atoms with Gasteiger partial charge in [0.25, 0.3) is 0 Å². The van der Waals surface area contributed by atoms with Crippen LogP contribution in [0.5, 0.6) is 0 Å². The molecule has 2 atom stereocenters. The van der Waals surface area contributed by atoms with Crippen molar-refractivity contribution in [3.63, 3.8) is 0 Å². The lowest BCUT2D eigenvalue weighted by atomic mass is 9.86. The topological polar surface area (TPSA) is 64.7 Å². The zero-order valence-corrected chi connectivity index (χ0v) is 17.0. The molecule has 2 unspecified atom stereocenters. The summed E-state index contributed by atoms with van der Waals surface area (Å²) in [4.78, 5) is 28.9. The Morgan fingerprint density at radius 2 is 1.68 bits per heavy atom. The molecule has 1 aromatic carbocycles. The van der Waals surface area contributed by atoms with Crippen LogP contribution in [0.3, 0.4) is 0 Å². The van der Waals surface area contributed by atoms with E-state index in [2.05, 4.69) is 51.6 Å². The Kier molecular flexibility index (Phi) is 7.86. The van der Waals surface area contributed by atoms with Crippen LogP contribution in [-0.2, 0) is 11.2 Å². The highest BCUT2D eigenvalue weighted by molar-refractivity contribution is 5.95. The Bertz CT molecular complexity index is 629. The Balaban J connectivity index is 1.31. The highest BCUT2D eigenvalue weighted by Gasteiger charge is 2.24. The predicted molar refractivity (Wildman–Crippen MR) is 111 cm³/mol. The molecule has 0 spiro atoms. The van der Waals surface area contributed by atoms with Gasteiger partial charge in [-0.05, 0) is 30.7 Å². The van der Waals surface area contributed by atoms with Gasteiger partial charge in [0.1, 0.15) is 0 Å². The molecular weight excluding hydrogens is 352 g/mol. The number of amides is 3. The van der Waals surface area contributed by atoms with Gasteiger partial charge in [0.15, 0.2) is 0 Å². The monoisotopic (exact) mass is 386 g/mol. The Hall–Kier alpha value is -1.92. The van der Waals surface area contributed by atoms with Gasteiger partial charge in [0.05, 0.1) is 6.54 Å².